The topological polar surface area (TPSA) is 45.8 Å². The number of methoxy groups -OCH3 is 4. The van der Waals surface area contributed by atoms with Gasteiger partial charge in [-0.2, -0.15) is 0 Å². The van der Waals surface area contributed by atoms with Crippen molar-refractivity contribution < 1.29 is 28.7 Å². The number of rotatable bonds is 8. The van der Waals surface area contributed by atoms with E-state index in [0.717, 1.165) is 49.8 Å². The van der Waals surface area contributed by atoms with Crippen LogP contribution in [0.2, 0.25) is 0 Å². The number of quaternary nitrogens is 2. The zero-order chi connectivity index (χ0) is 20.8. The summed E-state index contributed by atoms with van der Waals surface area (Å²) in [6, 6.07) is 13.1. The first-order valence-corrected chi connectivity index (χ1v) is 10.2. The predicted octanol–water partition coefficient (Wildman–Crippen LogP) is 0.767. The number of ether oxygens (including phenoxy) is 4. The molecule has 2 N–H and O–H groups in total. The first-order chi connectivity index (χ1) is 14.1. The standard InChI is InChI=1S/C23H32N2O4/c1-17-16-24(11-12-25(17)19-7-6-8-20(15-19)26-2)10-9-18-13-21(27-3)23(29-5)22(14-18)28-4/h6-8,13-15,17H,9-12,16H2,1-5H3/p+2. The van der Waals surface area contributed by atoms with Gasteiger partial charge in [0.05, 0.1) is 35.0 Å². The van der Waals surface area contributed by atoms with Crippen LogP contribution in [0.15, 0.2) is 36.4 Å². The van der Waals surface area contributed by atoms with Crippen LogP contribution in [-0.2, 0) is 6.42 Å². The van der Waals surface area contributed by atoms with Crippen LogP contribution in [0.4, 0.5) is 5.69 Å². The Morgan fingerprint density at radius 2 is 1.62 bits per heavy atom. The van der Waals surface area contributed by atoms with E-state index in [9.17, 15) is 0 Å². The average Bonchev–Trinajstić information content (AvgIpc) is 2.76. The van der Waals surface area contributed by atoms with Gasteiger partial charge in [0.2, 0.25) is 5.75 Å². The second-order valence-corrected chi connectivity index (χ2v) is 7.65. The normalized spacial score (nSPS) is 21.5. The molecule has 1 aliphatic heterocycles. The molecule has 0 bridgehead atoms. The highest BCUT2D eigenvalue weighted by molar-refractivity contribution is 5.53. The summed E-state index contributed by atoms with van der Waals surface area (Å²) < 4.78 is 21.8. The van der Waals surface area contributed by atoms with Crippen molar-refractivity contribution >= 4 is 5.69 Å². The van der Waals surface area contributed by atoms with Crippen molar-refractivity contribution in [3.63, 3.8) is 0 Å². The second-order valence-electron chi connectivity index (χ2n) is 7.65. The van der Waals surface area contributed by atoms with E-state index in [0.29, 0.717) is 11.8 Å². The highest BCUT2D eigenvalue weighted by Gasteiger charge is 2.31. The molecule has 0 saturated carbocycles. The molecule has 6 heteroatoms. The Bertz CT molecular complexity index is 786. The van der Waals surface area contributed by atoms with Crippen molar-refractivity contribution in [1.82, 2.24) is 0 Å². The largest absolute Gasteiger partial charge is 0.497 e. The molecule has 1 aliphatic rings. The molecule has 3 unspecified atom stereocenters. The Morgan fingerprint density at radius 1 is 0.897 bits per heavy atom. The first kappa shape index (κ1) is 21.3. The number of hydrogen-bond acceptors (Lipinski definition) is 4. The molecule has 0 radical (unpaired) electrons. The maximum Gasteiger partial charge on any atom is 0.203 e. The van der Waals surface area contributed by atoms with Crippen LogP contribution in [0.25, 0.3) is 0 Å². The third-order valence-corrected chi connectivity index (χ3v) is 5.87. The van der Waals surface area contributed by atoms with Crippen molar-refractivity contribution in [1.29, 1.82) is 0 Å². The predicted molar refractivity (Wildman–Crippen MR) is 113 cm³/mol. The summed E-state index contributed by atoms with van der Waals surface area (Å²) in [5, 5.41) is 0. The lowest BCUT2D eigenvalue weighted by Crippen LogP contribution is -3.28. The van der Waals surface area contributed by atoms with Crippen LogP contribution in [0.5, 0.6) is 23.0 Å². The summed E-state index contributed by atoms with van der Waals surface area (Å²) in [6.45, 7) is 6.86. The monoisotopic (exact) mass is 402 g/mol. The minimum atomic E-state index is 0.561. The van der Waals surface area contributed by atoms with Crippen LogP contribution < -0.4 is 28.7 Å². The van der Waals surface area contributed by atoms with E-state index in [2.05, 4.69) is 37.3 Å². The molecule has 2 aromatic carbocycles. The molecule has 158 valence electrons. The van der Waals surface area contributed by atoms with Gasteiger partial charge in [0.15, 0.2) is 11.5 Å². The van der Waals surface area contributed by atoms with Crippen molar-refractivity contribution in [2.24, 2.45) is 0 Å². The highest BCUT2D eigenvalue weighted by atomic mass is 16.5. The quantitative estimate of drug-likeness (QED) is 0.685. The third kappa shape index (κ3) is 4.95. The minimum absolute atomic E-state index is 0.561. The van der Waals surface area contributed by atoms with E-state index in [1.165, 1.54) is 11.3 Å². The Labute approximate surface area is 173 Å². The Hall–Kier alpha value is -2.44. The van der Waals surface area contributed by atoms with Gasteiger partial charge in [-0.15, -0.1) is 0 Å². The molecule has 0 amide bonds. The summed E-state index contributed by atoms with van der Waals surface area (Å²) >= 11 is 0. The Morgan fingerprint density at radius 3 is 2.21 bits per heavy atom. The molecule has 3 rings (SSSR count). The van der Waals surface area contributed by atoms with Gasteiger partial charge in [-0.25, -0.2) is 0 Å². The molecule has 1 fully saturated rings. The summed E-state index contributed by atoms with van der Waals surface area (Å²) in [4.78, 5) is 3.18. The number of benzene rings is 2. The smallest absolute Gasteiger partial charge is 0.203 e. The summed E-state index contributed by atoms with van der Waals surface area (Å²) in [5.74, 6) is 3.02. The zero-order valence-corrected chi connectivity index (χ0v) is 18.2. The maximum absolute atomic E-state index is 5.48. The first-order valence-electron chi connectivity index (χ1n) is 10.2. The third-order valence-electron chi connectivity index (χ3n) is 5.87. The van der Waals surface area contributed by atoms with E-state index in [-0.39, 0.29) is 0 Å². The van der Waals surface area contributed by atoms with Gasteiger partial charge in [-0.05, 0) is 36.8 Å². The Kier molecular flexibility index (Phi) is 7.23. The van der Waals surface area contributed by atoms with E-state index in [4.69, 9.17) is 18.9 Å². The molecular formula is C23H34N2O4+2. The van der Waals surface area contributed by atoms with Crippen LogP contribution in [0.3, 0.4) is 0 Å². The van der Waals surface area contributed by atoms with Crippen LogP contribution in [0.1, 0.15) is 12.5 Å². The fraction of sp³-hybridized carbons (Fsp3) is 0.478. The van der Waals surface area contributed by atoms with E-state index in [1.807, 2.05) is 6.07 Å². The lowest BCUT2D eigenvalue weighted by Gasteiger charge is -2.34. The minimum Gasteiger partial charge on any atom is -0.497 e. The van der Waals surface area contributed by atoms with Crippen molar-refractivity contribution in [3.8, 4) is 23.0 Å². The van der Waals surface area contributed by atoms with E-state index in [1.54, 1.807) is 38.2 Å². The van der Waals surface area contributed by atoms with Gasteiger partial charge in [0.25, 0.3) is 0 Å². The molecule has 29 heavy (non-hydrogen) atoms. The summed E-state index contributed by atoms with van der Waals surface area (Å²) in [7, 11) is 6.68. The molecule has 0 spiro atoms. The van der Waals surface area contributed by atoms with Crippen LogP contribution >= 0.6 is 0 Å². The number of nitrogens with one attached hydrogen (secondary N) is 2. The zero-order valence-electron chi connectivity index (χ0n) is 18.2. The van der Waals surface area contributed by atoms with Crippen molar-refractivity contribution in [2.45, 2.75) is 19.4 Å². The maximum atomic E-state index is 5.48. The Balaban J connectivity index is 1.62. The van der Waals surface area contributed by atoms with Gasteiger partial charge in [0, 0.05) is 12.5 Å². The molecule has 6 nitrogen and oxygen atoms in total. The van der Waals surface area contributed by atoms with Crippen LogP contribution in [0, 0.1) is 0 Å². The molecular weight excluding hydrogens is 368 g/mol. The second kappa shape index (κ2) is 9.85. The average molecular weight is 403 g/mol. The molecule has 3 atom stereocenters. The van der Waals surface area contributed by atoms with Crippen LogP contribution in [-0.4, -0.2) is 60.7 Å². The fourth-order valence-electron chi connectivity index (χ4n) is 4.30. The molecule has 1 heterocycles. The summed E-state index contributed by atoms with van der Waals surface area (Å²) in [5.41, 5.74) is 2.53. The molecule has 1 saturated heterocycles. The lowest BCUT2D eigenvalue weighted by atomic mass is 10.1. The van der Waals surface area contributed by atoms with Gasteiger partial charge >= 0.3 is 0 Å². The van der Waals surface area contributed by atoms with E-state index < -0.39 is 0 Å². The van der Waals surface area contributed by atoms with Gasteiger partial charge in [-0.1, -0.05) is 6.07 Å². The van der Waals surface area contributed by atoms with Gasteiger partial charge < -0.3 is 23.8 Å². The SMILES string of the molecule is COc1cccc([NH+]2CC[NH+](CCc3cc(OC)c(OC)c(OC)c3)CC2C)c1. The lowest BCUT2D eigenvalue weighted by molar-refractivity contribution is -1.00. The summed E-state index contributed by atoms with van der Waals surface area (Å²) in [6.07, 6.45) is 0.979. The number of piperazine rings is 1. The van der Waals surface area contributed by atoms with Gasteiger partial charge in [-0.3, -0.25) is 4.90 Å². The fourth-order valence-corrected chi connectivity index (χ4v) is 4.30. The van der Waals surface area contributed by atoms with Crippen molar-refractivity contribution in [3.05, 3.63) is 42.0 Å². The molecule has 2 aromatic rings. The van der Waals surface area contributed by atoms with Crippen molar-refractivity contribution in [2.75, 3.05) is 54.6 Å². The van der Waals surface area contributed by atoms with Gasteiger partial charge in [0.1, 0.15) is 37.1 Å². The van der Waals surface area contributed by atoms with E-state index >= 15 is 0 Å². The highest BCUT2D eigenvalue weighted by Crippen LogP contribution is 2.38. The number of hydrogen-bond donors (Lipinski definition) is 2. The molecule has 0 aliphatic carbocycles. The molecule has 0 aromatic heterocycles.